The van der Waals surface area contributed by atoms with Gasteiger partial charge in [-0.15, -0.1) is 11.8 Å². The Bertz CT molecular complexity index is 679. The van der Waals surface area contributed by atoms with E-state index in [2.05, 4.69) is 21.4 Å². The molecule has 2 aromatic rings. The van der Waals surface area contributed by atoms with Crippen molar-refractivity contribution in [1.82, 2.24) is 9.97 Å². The second-order valence-electron chi connectivity index (χ2n) is 5.09. The van der Waals surface area contributed by atoms with Gasteiger partial charge in [0.15, 0.2) is 11.6 Å². The molecule has 0 saturated heterocycles. The molecule has 6 heteroatoms. The van der Waals surface area contributed by atoms with Gasteiger partial charge in [0, 0.05) is 23.6 Å². The van der Waals surface area contributed by atoms with Gasteiger partial charge in [0.2, 0.25) is 0 Å². The maximum atomic E-state index is 13.8. The second-order valence-corrected chi connectivity index (χ2v) is 6.32. The van der Waals surface area contributed by atoms with Crippen molar-refractivity contribution in [1.29, 1.82) is 0 Å². The van der Waals surface area contributed by atoms with Crippen LogP contribution in [-0.4, -0.2) is 28.9 Å². The van der Waals surface area contributed by atoms with E-state index in [0.29, 0.717) is 13.2 Å². The van der Waals surface area contributed by atoms with Gasteiger partial charge < -0.3 is 10.1 Å². The Kier molecular flexibility index (Phi) is 5.47. The molecule has 1 aliphatic rings. The summed E-state index contributed by atoms with van der Waals surface area (Å²) in [5, 5.41) is 3.01. The van der Waals surface area contributed by atoms with Crippen molar-refractivity contribution >= 4 is 17.6 Å². The summed E-state index contributed by atoms with van der Waals surface area (Å²) in [6.45, 7) is 1.04. The highest BCUT2D eigenvalue weighted by Gasteiger charge is 2.10. The van der Waals surface area contributed by atoms with Gasteiger partial charge in [-0.3, -0.25) is 0 Å². The van der Waals surface area contributed by atoms with Crippen LogP contribution in [0, 0.1) is 5.82 Å². The van der Waals surface area contributed by atoms with Crippen LogP contribution < -0.4 is 10.1 Å². The first-order chi connectivity index (χ1) is 11.3. The SMILES string of the molecule is Fc1cnc(OCCc2ccccc2)nc1NCC1=CCCS1. The van der Waals surface area contributed by atoms with E-state index in [4.69, 9.17) is 4.74 Å². The fourth-order valence-corrected chi connectivity index (χ4v) is 3.12. The lowest BCUT2D eigenvalue weighted by atomic mass is 10.2. The number of nitrogens with one attached hydrogen (secondary N) is 1. The standard InChI is InChI=1S/C17H18FN3OS/c18-15-12-20-17(22-9-8-13-5-2-1-3-6-13)21-16(15)19-11-14-7-4-10-23-14/h1-3,5-7,12H,4,8-11H2,(H,19,20,21). The summed E-state index contributed by atoms with van der Waals surface area (Å²) in [5.41, 5.74) is 1.18. The lowest BCUT2D eigenvalue weighted by Crippen LogP contribution is -2.09. The van der Waals surface area contributed by atoms with Crippen LogP contribution in [0.3, 0.4) is 0 Å². The molecule has 1 aromatic heterocycles. The minimum atomic E-state index is -0.469. The minimum Gasteiger partial charge on any atom is -0.463 e. The molecular formula is C17H18FN3OS. The van der Waals surface area contributed by atoms with Crippen LogP contribution in [0.2, 0.25) is 0 Å². The van der Waals surface area contributed by atoms with E-state index in [1.807, 2.05) is 30.3 Å². The molecule has 1 aromatic carbocycles. The zero-order valence-electron chi connectivity index (χ0n) is 12.7. The van der Waals surface area contributed by atoms with Crippen molar-refractivity contribution in [3.63, 3.8) is 0 Å². The maximum Gasteiger partial charge on any atom is 0.318 e. The number of halogens is 1. The fourth-order valence-electron chi connectivity index (χ4n) is 2.21. The van der Waals surface area contributed by atoms with Crippen LogP contribution in [0.25, 0.3) is 0 Å². The number of nitrogens with zero attached hydrogens (tertiary/aromatic N) is 2. The summed E-state index contributed by atoms with van der Waals surface area (Å²) >= 11 is 1.78. The number of aromatic nitrogens is 2. The number of allylic oxidation sites excluding steroid dienone is 1. The van der Waals surface area contributed by atoms with Crippen LogP contribution in [-0.2, 0) is 6.42 Å². The summed E-state index contributed by atoms with van der Waals surface area (Å²) in [5.74, 6) is 0.809. The van der Waals surface area contributed by atoms with Gasteiger partial charge >= 0.3 is 6.01 Å². The Hall–Kier alpha value is -2.08. The molecule has 120 valence electrons. The third-order valence-electron chi connectivity index (χ3n) is 3.39. The predicted molar refractivity (Wildman–Crippen MR) is 91.3 cm³/mol. The molecule has 0 fully saturated rings. The molecule has 0 amide bonds. The van der Waals surface area contributed by atoms with Crippen molar-refractivity contribution in [2.45, 2.75) is 12.8 Å². The van der Waals surface area contributed by atoms with Crippen molar-refractivity contribution in [2.75, 3.05) is 24.2 Å². The molecule has 1 N–H and O–H groups in total. The summed E-state index contributed by atoms with van der Waals surface area (Å²) in [4.78, 5) is 9.21. The van der Waals surface area contributed by atoms with E-state index in [0.717, 1.165) is 24.8 Å². The number of ether oxygens (including phenoxy) is 1. The molecule has 0 bridgehead atoms. The van der Waals surface area contributed by atoms with Crippen molar-refractivity contribution in [3.05, 3.63) is 58.9 Å². The number of benzene rings is 1. The second kappa shape index (κ2) is 7.97. The van der Waals surface area contributed by atoms with Gasteiger partial charge in [0.1, 0.15) is 0 Å². The summed E-state index contributed by atoms with van der Waals surface area (Å²) < 4.78 is 19.3. The molecule has 0 aliphatic carbocycles. The molecule has 0 radical (unpaired) electrons. The average molecular weight is 331 g/mol. The zero-order valence-corrected chi connectivity index (χ0v) is 13.5. The van der Waals surface area contributed by atoms with Gasteiger partial charge in [-0.25, -0.2) is 9.37 Å². The molecule has 0 saturated carbocycles. The van der Waals surface area contributed by atoms with Crippen molar-refractivity contribution < 1.29 is 9.13 Å². The highest BCUT2D eigenvalue weighted by molar-refractivity contribution is 8.03. The van der Waals surface area contributed by atoms with Gasteiger partial charge in [0.25, 0.3) is 0 Å². The third kappa shape index (κ3) is 4.69. The first kappa shape index (κ1) is 15.8. The summed E-state index contributed by atoms with van der Waals surface area (Å²) in [7, 11) is 0. The lowest BCUT2D eigenvalue weighted by molar-refractivity contribution is 0.295. The largest absolute Gasteiger partial charge is 0.463 e. The minimum absolute atomic E-state index is 0.183. The van der Waals surface area contributed by atoms with Crippen molar-refractivity contribution in [2.24, 2.45) is 0 Å². The Morgan fingerprint density at radius 3 is 2.91 bits per heavy atom. The van der Waals surface area contributed by atoms with Crippen LogP contribution in [0.4, 0.5) is 10.2 Å². The molecular weight excluding hydrogens is 313 g/mol. The van der Waals surface area contributed by atoms with E-state index in [-0.39, 0.29) is 11.8 Å². The Morgan fingerprint density at radius 1 is 1.26 bits per heavy atom. The zero-order chi connectivity index (χ0) is 15.9. The quantitative estimate of drug-likeness (QED) is 0.839. The van der Waals surface area contributed by atoms with Gasteiger partial charge in [-0.2, -0.15) is 4.98 Å². The smallest absolute Gasteiger partial charge is 0.318 e. The number of hydrogen-bond donors (Lipinski definition) is 1. The third-order valence-corrected chi connectivity index (χ3v) is 4.52. The van der Waals surface area contributed by atoms with E-state index in [1.54, 1.807) is 11.8 Å². The molecule has 2 heterocycles. The van der Waals surface area contributed by atoms with Crippen LogP contribution in [0.5, 0.6) is 6.01 Å². The monoisotopic (exact) mass is 331 g/mol. The topological polar surface area (TPSA) is 47.0 Å². The van der Waals surface area contributed by atoms with Crippen LogP contribution in [0.1, 0.15) is 12.0 Å². The highest BCUT2D eigenvalue weighted by Crippen LogP contribution is 2.25. The first-order valence-electron chi connectivity index (χ1n) is 7.56. The van der Waals surface area contributed by atoms with E-state index in [9.17, 15) is 4.39 Å². The fraction of sp³-hybridized carbons (Fsp3) is 0.294. The van der Waals surface area contributed by atoms with Crippen molar-refractivity contribution in [3.8, 4) is 6.01 Å². The van der Waals surface area contributed by atoms with E-state index < -0.39 is 5.82 Å². The van der Waals surface area contributed by atoms with Gasteiger partial charge in [0.05, 0.1) is 12.8 Å². The molecule has 3 rings (SSSR count). The Balaban J connectivity index is 1.54. The summed E-state index contributed by atoms with van der Waals surface area (Å²) in [6.07, 6.45) is 5.13. The first-order valence-corrected chi connectivity index (χ1v) is 8.55. The molecule has 0 atom stereocenters. The van der Waals surface area contributed by atoms with E-state index in [1.165, 1.54) is 10.5 Å². The molecule has 0 spiro atoms. The maximum absolute atomic E-state index is 13.8. The van der Waals surface area contributed by atoms with Crippen LogP contribution >= 0.6 is 11.8 Å². The predicted octanol–water partition coefficient (Wildman–Crippen LogP) is 3.67. The normalized spacial score (nSPS) is 13.7. The van der Waals surface area contributed by atoms with Gasteiger partial charge in [-0.1, -0.05) is 36.4 Å². The van der Waals surface area contributed by atoms with Crippen LogP contribution in [0.15, 0.2) is 47.5 Å². The Morgan fingerprint density at radius 2 is 2.13 bits per heavy atom. The molecule has 1 aliphatic heterocycles. The number of thioether (sulfide) groups is 1. The number of anilines is 1. The highest BCUT2D eigenvalue weighted by atomic mass is 32.2. The lowest BCUT2D eigenvalue weighted by Gasteiger charge is -2.09. The average Bonchev–Trinajstić information content (AvgIpc) is 3.10. The Labute approximate surface area is 139 Å². The van der Waals surface area contributed by atoms with Gasteiger partial charge in [-0.05, 0) is 12.0 Å². The molecule has 4 nitrogen and oxygen atoms in total. The number of hydrogen-bond acceptors (Lipinski definition) is 5. The summed E-state index contributed by atoms with van der Waals surface area (Å²) in [6, 6.07) is 10.2. The van der Waals surface area contributed by atoms with E-state index >= 15 is 0 Å². The number of rotatable bonds is 7. The molecule has 0 unspecified atom stereocenters. The molecule has 23 heavy (non-hydrogen) atoms.